The maximum Gasteiger partial charge on any atom is 0.135 e. The number of fused-ring (bicyclic) bond motifs is 4. The van der Waals surface area contributed by atoms with Gasteiger partial charge in [0.1, 0.15) is 23.0 Å². The topological polar surface area (TPSA) is 18.5 Å². The van der Waals surface area contributed by atoms with Gasteiger partial charge in [-0.2, -0.15) is 0 Å². The van der Waals surface area contributed by atoms with Crippen LogP contribution in [0.1, 0.15) is 0 Å². The zero-order valence-corrected chi connectivity index (χ0v) is 26.8. The predicted molar refractivity (Wildman–Crippen MR) is 207 cm³/mol. The third-order valence-corrected chi connectivity index (χ3v) is 11.0. The normalized spacial score (nSPS) is 12.7. The van der Waals surface area contributed by atoms with Crippen molar-refractivity contribution in [2.75, 3.05) is 0 Å². The molecule has 0 saturated carbocycles. The Morgan fingerprint density at radius 1 is 0.220 bits per heavy atom. The molecule has 2 nitrogen and oxygen atoms in total. The lowest BCUT2D eigenvalue weighted by Gasteiger charge is -2.23. The van der Waals surface area contributed by atoms with Gasteiger partial charge in [0.25, 0.3) is 0 Å². The second-order valence-corrected chi connectivity index (χ2v) is 13.5. The summed E-state index contributed by atoms with van der Waals surface area (Å²) in [5, 5.41) is 12.4. The summed E-state index contributed by atoms with van der Waals surface area (Å²) in [5.74, 6) is 3.64. The minimum Gasteiger partial charge on any atom is -0.456 e. The van der Waals surface area contributed by atoms with E-state index in [9.17, 15) is 0 Å². The minimum atomic E-state index is 0.909. The summed E-state index contributed by atoms with van der Waals surface area (Å²) in [5.41, 5.74) is 9.62. The van der Waals surface area contributed by atoms with Crippen molar-refractivity contribution in [2.45, 2.75) is 0 Å². The summed E-state index contributed by atoms with van der Waals surface area (Å²) in [6.45, 7) is 0. The molecule has 10 aromatic rings. The Bertz CT molecular complexity index is 2890. The van der Waals surface area contributed by atoms with E-state index in [1.807, 2.05) is 12.1 Å². The Balaban J connectivity index is 1.11. The van der Waals surface area contributed by atoms with E-state index in [4.69, 9.17) is 9.47 Å². The van der Waals surface area contributed by atoms with Crippen LogP contribution in [0.3, 0.4) is 0 Å². The summed E-state index contributed by atoms with van der Waals surface area (Å²) in [6.07, 6.45) is 0. The van der Waals surface area contributed by atoms with Gasteiger partial charge in [-0.25, -0.2) is 0 Å². The van der Waals surface area contributed by atoms with Crippen LogP contribution in [0.4, 0.5) is 0 Å². The average Bonchev–Trinajstić information content (AvgIpc) is 3.17. The molecule has 0 N–H and O–H groups in total. The molecule has 2 heteroatoms. The van der Waals surface area contributed by atoms with Crippen LogP contribution in [-0.2, 0) is 0 Å². The lowest BCUT2D eigenvalue weighted by Crippen LogP contribution is -1.98. The Morgan fingerprint density at radius 3 is 1.06 bits per heavy atom. The van der Waals surface area contributed by atoms with Crippen LogP contribution >= 0.6 is 0 Å². The maximum atomic E-state index is 6.44. The Labute approximate surface area is 287 Å². The molecule has 0 unspecified atom stereocenters. The van der Waals surface area contributed by atoms with Crippen molar-refractivity contribution in [3.8, 4) is 67.5 Å². The molecule has 10 aromatic carbocycles. The Kier molecular flexibility index (Phi) is 5.00. The number of hydrogen-bond acceptors (Lipinski definition) is 2. The van der Waals surface area contributed by atoms with E-state index >= 15 is 0 Å². The van der Waals surface area contributed by atoms with Crippen LogP contribution in [0, 0.1) is 0 Å². The van der Waals surface area contributed by atoms with Gasteiger partial charge in [0.05, 0.1) is 0 Å². The van der Waals surface area contributed by atoms with Crippen LogP contribution < -0.4 is 9.47 Å². The highest BCUT2D eigenvalue weighted by molar-refractivity contribution is 6.29. The fourth-order valence-electron chi connectivity index (χ4n) is 8.90. The lowest BCUT2D eigenvalue weighted by atomic mass is 9.84. The van der Waals surface area contributed by atoms with Gasteiger partial charge in [0, 0.05) is 21.9 Å². The molecule has 50 heavy (non-hydrogen) atoms. The van der Waals surface area contributed by atoms with Crippen LogP contribution in [-0.4, -0.2) is 0 Å². The van der Waals surface area contributed by atoms with E-state index in [1.165, 1.54) is 87.2 Å². The fraction of sp³-hybridized carbons (Fsp3) is 0. The van der Waals surface area contributed by atoms with Crippen LogP contribution in [0.5, 0.6) is 23.0 Å². The van der Waals surface area contributed by atoms with Gasteiger partial charge >= 0.3 is 0 Å². The molecule has 0 bridgehead atoms. The molecule has 2 aliphatic rings. The van der Waals surface area contributed by atoms with Crippen LogP contribution in [0.25, 0.3) is 98.4 Å². The third kappa shape index (κ3) is 3.37. The van der Waals surface area contributed by atoms with Crippen molar-refractivity contribution in [1.29, 1.82) is 0 Å². The molecule has 0 aliphatic carbocycles. The molecule has 0 amide bonds. The van der Waals surface area contributed by atoms with Crippen molar-refractivity contribution in [2.24, 2.45) is 0 Å². The first-order chi connectivity index (χ1) is 24.8. The second-order valence-electron chi connectivity index (χ2n) is 13.5. The zero-order chi connectivity index (χ0) is 32.5. The van der Waals surface area contributed by atoms with Gasteiger partial charge in [-0.05, 0) is 101 Å². The molecular weight excluding hydrogens is 609 g/mol. The van der Waals surface area contributed by atoms with Crippen molar-refractivity contribution < 1.29 is 9.47 Å². The van der Waals surface area contributed by atoms with Crippen molar-refractivity contribution in [3.63, 3.8) is 0 Å². The van der Waals surface area contributed by atoms with E-state index in [0.29, 0.717) is 0 Å². The smallest absolute Gasteiger partial charge is 0.135 e. The van der Waals surface area contributed by atoms with Crippen molar-refractivity contribution in [3.05, 3.63) is 158 Å². The molecule has 0 spiro atoms. The van der Waals surface area contributed by atoms with Gasteiger partial charge in [-0.1, -0.05) is 133 Å². The highest BCUT2D eigenvalue weighted by Gasteiger charge is 2.24. The summed E-state index contributed by atoms with van der Waals surface area (Å²) >= 11 is 0. The molecule has 0 saturated heterocycles. The Morgan fingerprint density at radius 2 is 0.580 bits per heavy atom. The summed E-state index contributed by atoms with van der Waals surface area (Å²) in [6, 6.07) is 57.1. The highest BCUT2D eigenvalue weighted by Crippen LogP contribution is 2.52. The SMILES string of the molecule is c1ccc2c(c1)Oc1cccc3c(-c4ccc5ccc6c(-c7ccc8c9c(cccc79)Oc7ccccc7-8)ccc7ccc4c5c76)ccc-2c13. The zero-order valence-electron chi connectivity index (χ0n) is 26.8. The quantitative estimate of drug-likeness (QED) is 0.176. The number of rotatable bonds is 2. The summed E-state index contributed by atoms with van der Waals surface area (Å²) < 4.78 is 12.9. The average molecular weight is 635 g/mol. The first-order valence-corrected chi connectivity index (χ1v) is 17.2. The first-order valence-electron chi connectivity index (χ1n) is 17.2. The molecule has 0 atom stereocenters. The molecule has 0 aromatic heterocycles. The largest absolute Gasteiger partial charge is 0.456 e. The van der Waals surface area contributed by atoms with E-state index in [0.717, 1.165) is 34.1 Å². The Hall–Kier alpha value is -6.64. The van der Waals surface area contributed by atoms with Crippen LogP contribution in [0.15, 0.2) is 158 Å². The van der Waals surface area contributed by atoms with Gasteiger partial charge in [0.15, 0.2) is 0 Å². The molecule has 2 heterocycles. The summed E-state index contributed by atoms with van der Waals surface area (Å²) in [7, 11) is 0. The molecule has 0 fully saturated rings. The highest BCUT2D eigenvalue weighted by atomic mass is 16.5. The van der Waals surface area contributed by atoms with Crippen molar-refractivity contribution >= 4 is 53.9 Å². The second kappa shape index (κ2) is 9.49. The lowest BCUT2D eigenvalue weighted by molar-refractivity contribution is 0.487. The molecule has 0 radical (unpaired) electrons. The van der Waals surface area contributed by atoms with Crippen LogP contribution in [0.2, 0.25) is 0 Å². The molecule has 12 rings (SSSR count). The minimum absolute atomic E-state index is 0.909. The number of benzene rings is 10. The number of ether oxygens (including phenoxy) is 2. The van der Waals surface area contributed by atoms with E-state index in [-0.39, 0.29) is 0 Å². The first kappa shape index (κ1) is 26.3. The fourth-order valence-corrected chi connectivity index (χ4v) is 8.90. The van der Waals surface area contributed by atoms with E-state index < -0.39 is 0 Å². The predicted octanol–water partition coefficient (Wildman–Crippen LogP) is 13.8. The number of para-hydroxylation sites is 2. The van der Waals surface area contributed by atoms with Gasteiger partial charge in [-0.15, -0.1) is 0 Å². The molecule has 230 valence electrons. The van der Waals surface area contributed by atoms with E-state index in [2.05, 4.69) is 146 Å². The van der Waals surface area contributed by atoms with Gasteiger partial charge < -0.3 is 9.47 Å². The summed E-state index contributed by atoms with van der Waals surface area (Å²) in [4.78, 5) is 0. The molecule has 2 aliphatic heterocycles. The monoisotopic (exact) mass is 634 g/mol. The maximum absolute atomic E-state index is 6.44. The van der Waals surface area contributed by atoms with Gasteiger partial charge in [0.2, 0.25) is 0 Å². The standard InChI is InChI=1S/C48H26O2/c1-3-11-41-33(7-1)39-25-23-31(35-9-5-13-43(49-41)47(35)39)29-19-15-27-18-22-38-30(20-16-28-17-21-37(29)45(27)46(28)38)32-24-26-40-34-8-2-4-12-42(34)50-44-14-6-10-36(32)48(40)44/h1-26H. The molecular formula is C48H26O2. The third-order valence-electron chi connectivity index (χ3n) is 11.0. The number of hydrogen-bond donors (Lipinski definition) is 0. The van der Waals surface area contributed by atoms with Crippen molar-refractivity contribution in [1.82, 2.24) is 0 Å². The van der Waals surface area contributed by atoms with E-state index in [1.54, 1.807) is 0 Å². The van der Waals surface area contributed by atoms with Gasteiger partial charge in [-0.3, -0.25) is 0 Å².